The summed E-state index contributed by atoms with van der Waals surface area (Å²) >= 11 is 1.29. The Morgan fingerprint density at radius 3 is 1.78 bits per heavy atom. The molecule has 0 radical (unpaired) electrons. The Morgan fingerprint density at radius 2 is 1.33 bits per heavy atom. The minimum absolute atomic E-state index is 0. The third kappa shape index (κ3) is 19.2. The van der Waals surface area contributed by atoms with E-state index >= 15 is 0 Å². The van der Waals surface area contributed by atoms with Crippen LogP contribution >= 0.6 is 12.0 Å². The van der Waals surface area contributed by atoms with Crippen molar-refractivity contribution >= 4 is 47.6 Å². The summed E-state index contributed by atoms with van der Waals surface area (Å²) in [5, 5.41) is 0. The van der Waals surface area contributed by atoms with E-state index in [-0.39, 0.29) is 35.5 Å². The molecule has 0 aromatic carbocycles. The van der Waals surface area contributed by atoms with Crippen molar-refractivity contribution in [1.82, 2.24) is 0 Å². The molecule has 0 aromatic heterocycles. The maximum atomic E-state index is 10.5. The number of carbonyl (C=O) groups is 1. The van der Waals surface area contributed by atoms with Crippen LogP contribution in [0.4, 0.5) is 0 Å². The molecule has 4 heteroatoms. The van der Waals surface area contributed by atoms with Crippen molar-refractivity contribution in [3.8, 4) is 0 Å². The molecule has 0 saturated heterocycles. The summed E-state index contributed by atoms with van der Waals surface area (Å²) in [6.07, 6.45) is 13.5. The first-order valence-corrected chi connectivity index (χ1v) is 7.98. The van der Waals surface area contributed by atoms with E-state index in [9.17, 15) is 4.79 Å². The van der Waals surface area contributed by atoms with E-state index in [1.54, 1.807) is 0 Å². The van der Waals surface area contributed by atoms with Gasteiger partial charge in [0.05, 0.1) is 12.0 Å². The number of rotatable bonds is 12. The van der Waals surface area contributed by atoms with E-state index in [1.807, 2.05) is 0 Å². The second-order valence-corrected chi connectivity index (χ2v) is 5.39. The average Bonchev–Trinajstić information content (AvgIpc) is 2.30. The van der Waals surface area contributed by atoms with Gasteiger partial charge >= 0.3 is 35.5 Å². The van der Waals surface area contributed by atoms with Crippen LogP contribution in [0.1, 0.15) is 78.1 Å². The van der Waals surface area contributed by atoms with Crippen LogP contribution in [-0.4, -0.2) is 41.3 Å². The van der Waals surface area contributed by atoms with Gasteiger partial charge in [-0.05, 0) is 6.42 Å². The second-order valence-electron chi connectivity index (χ2n) is 4.58. The van der Waals surface area contributed by atoms with Gasteiger partial charge in [-0.2, -0.15) is 0 Å². The molecule has 0 heterocycles. The van der Waals surface area contributed by atoms with Crippen molar-refractivity contribution in [3.05, 3.63) is 0 Å². The maximum absolute atomic E-state index is 10.5. The van der Waals surface area contributed by atoms with Gasteiger partial charge in [0.25, 0.3) is 0 Å². The van der Waals surface area contributed by atoms with Crippen LogP contribution < -0.4 is 0 Å². The van der Waals surface area contributed by atoms with Crippen LogP contribution in [0, 0.1) is 0 Å². The first kappa shape index (κ1) is 21.1. The Morgan fingerprint density at radius 1 is 0.889 bits per heavy atom. The second kappa shape index (κ2) is 17.8. The van der Waals surface area contributed by atoms with Gasteiger partial charge in [-0.1, -0.05) is 64.7 Å². The van der Waals surface area contributed by atoms with Crippen LogP contribution in [0.15, 0.2) is 0 Å². The van der Waals surface area contributed by atoms with E-state index in [4.69, 9.17) is 4.18 Å². The van der Waals surface area contributed by atoms with Crippen molar-refractivity contribution in [2.45, 2.75) is 78.1 Å². The molecule has 0 bridgehead atoms. The topological polar surface area (TPSA) is 26.3 Å². The van der Waals surface area contributed by atoms with E-state index in [0.29, 0.717) is 0 Å². The van der Waals surface area contributed by atoms with Crippen molar-refractivity contribution < 1.29 is 8.98 Å². The molecule has 0 N–H and O–H groups in total. The third-order valence-corrected chi connectivity index (χ3v) is 3.57. The van der Waals surface area contributed by atoms with Crippen molar-refractivity contribution in [2.24, 2.45) is 0 Å². The molecular formula is C14H29NaO2S. The number of unbranched alkanes of at least 4 members (excludes halogenated alkanes) is 9. The molecule has 0 aliphatic carbocycles. The van der Waals surface area contributed by atoms with Crippen LogP contribution in [0.3, 0.4) is 0 Å². The van der Waals surface area contributed by atoms with Gasteiger partial charge in [-0.15, -0.1) is 0 Å². The number of carbonyl (C=O) groups excluding carboxylic acids is 1. The van der Waals surface area contributed by atoms with Gasteiger partial charge < -0.3 is 4.18 Å². The van der Waals surface area contributed by atoms with Crippen molar-refractivity contribution in [1.29, 1.82) is 0 Å². The molecule has 0 amide bonds. The SMILES string of the molecule is CCCCCCCCCCCCSOC(C)=O.[NaH]. The summed E-state index contributed by atoms with van der Waals surface area (Å²) in [7, 11) is 0. The van der Waals surface area contributed by atoms with Crippen LogP contribution in [0.2, 0.25) is 0 Å². The quantitative estimate of drug-likeness (QED) is 0.300. The van der Waals surface area contributed by atoms with Crippen LogP contribution in [0.25, 0.3) is 0 Å². The third-order valence-electron chi connectivity index (χ3n) is 2.76. The zero-order chi connectivity index (χ0) is 12.8. The molecule has 18 heavy (non-hydrogen) atoms. The standard InChI is InChI=1S/C14H28O2S.Na.H/c1-3-4-5-6-7-8-9-10-11-12-13-17-16-14(2)15;;/h3-13H2,1-2H3;;. The molecule has 0 aliphatic rings. The molecule has 0 aromatic rings. The molecule has 0 spiro atoms. The molecule has 0 unspecified atom stereocenters. The molecular weight excluding hydrogens is 255 g/mol. The summed E-state index contributed by atoms with van der Waals surface area (Å²) in [6.45, 7) is 3.71. The van der Waals surface area contributed by atoms with Gasteiger partial charge in [-0.3, -0.25) is 4.79 Å². The summed E-state index contributed by atoms with van der Waals surface area (Å²) in [5.74, 6) is 0.748. The Kier molecular flexibility index (Phi) is 20.9. The van der Waals surface area contributed by atoms with E-state index in [0.717, 1.165) is 12.2 Å². The first-order chi connectivity index (χ1) is 8.27. The summed E-state index contributed by atoms with van der Waals surface area (Å²) in [6, 6.07) is 0. The molecule has 0 saturated carbocycles. The molecule has 0 rings (SSSR count). The fraction of sp³-hybridized carbons (Fsp3) is 0.929. The van der Waals surface area contributed by atoms with E-state index < -0.39 is 0 Å². The minimum atomic E-state index is -0.193. The zero-order valence-electron chi connectivity index (χ0n) is 11.5. The van der Waals surface area contributed by atoms with Gasteiger partial charge in [0.2, 0.25) is 0 Å². The number of hydrogen-bond donors (Lipinski definition) is 0. The van der Waals surface area contributed by atoms with Crippen LogP contribution in [0.5, 0.6) is 0 Å². The predicted octanol–water partition coefficient (Wildman–Crippen LogP) is 4.47. The predicted molar refractivity (Wildman–Crippen MR) is 83.2 cm³/mol. The van der Waals surface area contributed by atoms with E-state index in [1.165, 1.54) is 76.8 Å². The number of hydrogen-bond acceptors (Lipinski definition) is 3. The van der Waals surface area contributed by atoms with Crippen LogP contribution in [-0.2, 0) is 8.98 Å². The Balaban J connectivity index is 0. The zero-order valence-corrected chi connectivity index (χ0v) is 12.3. The summed E-state index contributed by atoms with van der Waals surface area (Å²) < 4.78 is 4.80. The van der Waals surface area contributed by atoms with E-state index in [2.05, 4.69) is 6.92 Å². The molecule has 0 fully saturated rings. The molecule has 104 valence electrons. The molecule has 0 atom stereocenters. The Labute approximate surface area is 140 Å². The fourth-order valence-corrected chi connectivity index (χ4v) is 2.34. The van der Waals surface area contributed by atoms with Crippen molar-refractivity contribution in [3.63, 3.8) is 0 Å². The summed E-state index contributed by atoms with van der Waals surface area (Å²) in [4.78, 5) is 10.5. The first-order valence-electron chi connectivity index (χ1n) is 7.07. The fourth-order valence-electron chi connectivity index (χ4n) is 1.77. The Bertz CT molecular complexity index is 177. The Hall–Kier alpha value is 0.820. The molecule has 2 nitrogen and oxygen atoms in total. The summed E-state index contributed by atoms with van der Waals surface area (Å²) in [5.41, 5.74) is 0. The van der Waals surface area contributed by atoms with Crippen molar-refractivity contribution in [2.75, 3.05) is 5.75 Å². The van der Waals surface area contributed by atoms with Gasteiger partial charge in [0.1, 0.15) is 0 Å². The van der Waals surface area contributed by atoms with Gasteiger partial charge in [0, 0.05) is 12.7 Å². The monoisotopic (exact) mass is 284 g/mol. The average molecular weight is 284 g/mol. The van der Waals surface area contributed by atoms with Gasteiger partial charge in [0.15, 0.2) is 0 Å². The molecule has 0 aliphatic heterocycles. The van der Waals surface area contributed by atoms with Gasteiger partial charge in [-0.25, -0.2) is 0 Å². The normalized spacial score (nSPS) is 9.89.